The highest BCUT2D eigenvalue weighted by Crippen LogP contribution is 2.37. The molecule has 0 aliphatic heterocycles. The molecule has 0 atom stereocenters. The van der Waals surface area contributed by atoms with Gasteiger partial charge in [0.1, 0.15) is 0 Å². The summed E-state index contributed by atoms with van der Waals surface area (Å²) in [6, 6.07) is 14.0. The maximum atomic E-state index is 11.1. The van der Waals surface area contributed by atoms with E-state index < -0.39 is 11.9 Å². The Kier molecular flexibility index (Phi) is 5.97. The predicted molar refractivity (Wildman–Crippen MR) is 97.4 cm³/mol. The number of unbranched alkanes of at least 4 members (excludes halogenated alkanes) is 2. The Labute approximate surface area is 148 Å². The lowest BCUT2D eigenvalue weighted by Gasteiger charge is -2.31. The standard InChI is InChI=1S/C21H24O4/c1-3-4-5-14-21(2,17-10-6-15(7-11-17)19(22)23)18-12-8-16(9-13-18)20(24)25/h6-13H,3-5,14H2,1-2H3,(H,22,23)(H,24,25). The van der Waals surface area contributed by atoms with Crippen LogP contribution in [0.15, 0.2) is 48.5 Å². The quantitative estimate of drug-likeness (QED) is 0.665. The van der Waals surface area contributed by atoms with Crippen LogP contribution in [0.5, 0.6) is 0 Å². The van der Waals surface area contributed by atoms with E-state index in [9.17, 15) is 9.59 Å². The van der Waals surface area contributed by atoms with Crippen molar-refractivity contribution in [1.82, 2.24) is 0 Å². The molecule has 0 saturated carbocycles. The summed E-state index contributed by atoms with van der Waals surface area (Å²) in [6.45, 7) is 4.29. The topological polar surface area (TPSA) is 74.6 Å². The summed E-state index contributed by atoms with van der Waals surface area (Å²) in [4.78, 5) is 22.2. The van der Waals surface area contributed by atoms with Crippen LogP contribution in [0.1, 0.15) is 71.4 Å². The maximum absolute atomic E-state index is 11.1. The highest BCUT2D eigenvalue weighted by molar-refractivity contribution is 5.88. The number of carbonyl (C=O) groups is 2. The molecular weight excluding hydrogens is 316 g/mol. The average Bonchev–Trinajstić information content (AvgIpc) is 2.62. The van der Waals surface area contributed by atoms with Crippen LogP contribution in [0.4, 0.5) is 0 Å². The minimum Gasteiger partial charge on any atom is -0.478 e. The Balaban J connectivity index is 2.41. The second kappa shape index (κ2) is 7.97. The van der Waals surface area contributed by atoms with Crippen LogP contribution in [0.3, 0.4) is 0 Å². The smallest absolute Gasteiger partial charge is 0.335 e. The third-order valence-corrected chi connectivity index (χ3v) is 4.82. The summed E-state index contributed by atoms with van der Waals surface area (Å²) >= 11 is 0. The molecular formula is C21H24O4. The summed E-state index contributed by atoms with van der Waals surface area (Å²) in [5, 5.41) is 18.2. The van der Waals surface area contributed by atoms with E-state index in [2.05, 4.69) is 13.8 Å². The molecule has 2 aromatic rings. The third-order valence-electron chi connectivity index (χ3n) is 4.82. The molecule has 0 aliphatic carbocycles. The molecule has 2 rings (SSSR count). The molecule has 0 unspecified atom stereocenters. The van der Waals surface area contributed by atoms with E-state index in [0.29, 0.717) is 0 Å². The minimum absolute atomic E-state index is 0.265. The Morgan fingerprint density at radius 2 is 1.20 bits per heavy atom. The molecule has 0 bridgehead atoms. The first-order valence-electron chi connectivity index (χ1n) is 8.56. The largest absolute Gasteiger partial charge is 0.478 e. The molecule has 2 aromatic carbocycles. The maximum Gasteiger partial charge on any atom is 0.335 e. The molecule has 0 saturated heterocycles. The van der Waals surface area contributed by atoms with Gasteiger partial charge in [-0.05, 0) is 41.8 Å². The van der Waals surface area contributed by atoms with Crippen LogP contribution in [0, 0.1) is 0 Å². The Hall–Kier alpha value is -2.62. The highest BCUT2D eigenvalue weighted by atomic mass is 16.4. The van der Waals surface area contributed by atoms with Gasteiger partial charge in [-0.25, -0.2) is 9.59 Å². The molecule has 2 N–H and O–H groups in total. The van der Waals surface area contributed by atoms with Crippen molar-refractivity contribution in [3.05, 3.63) is 70.8 Å². The zero-order valence-electron chi connectivity index (χ0n) is 14.7. The van der Waals surface area contributed by atoms with Crippen molar-refractivity contribution in [3.63, 3.8) is 0 Å². The number of rotatable bonds is 8. The van der Waals surface area contributed by atoms with Gasteiger partial charge < -0.3 is 10.2 Å². The van der Waals surface area contributed by atoms with Gasteiger partial charge in [-0.1, -0.05) is 57.4 Å². The van der Waals surface area contributed by atoms with Crippen molar-refractivity contribution >= 4 is 11.9 Å². The van der Waals surface area contributed by atoms with E-state index in [1.807, 2.05) is 24.3 Å². The van der Waals surface area contributed by atoms with Crippen molar-refractivity contribution in [2.75, 3.05) is 0 Å². The zero-order chi connectivity index (χ0) is 18.4. The SMILES string of the molecule is CCCCCC(C)(c1ccc(C(=O)O)cc1)c1ccc(C(=O)O)cc1. The summed E-state index contributed by atoms with van der Waals surface area (Å²) in [7, 11) is 0. The molecule has 0 fully saturated rings. The second-order valence-corrected chi connectivity index (χ2v) is 6.55. The van der Waals surface area contributed by atoms with Crippen LogP contribution >= 0.6 is 0 Å². The fourth-order valence-corrected chi connectivity index (χ4v) is 3.15. The van der Waals surface area contributed by atoms with Crippen molar-refractivity contribution in [3.8, 4) is 0 Å². The van der Waals surface area contributed by atoms with Crippen LogP contribution in [-0.2, 0) is 5.41 Å². The molecule has 4 heteroatoms. The monoisotopic (exact) mass is 340 g/mol. The number of carboxylic acids is 2. The summed E-state index contributed by atoms with van der Waals surface area (Å²) < 4.78 is 0. The van der Waals surface area contributed by atoms with Crippen molar-refractivity contribution in [1.29, 1.82) is 0 Å². The van der Waals surface area contributed by atoms with Crippen LogP contribution < -0.4 is 0 Å². The van der Waals surface area contributed by atoms with Crippen LogP contribution in [0.25, 0.3) is 0 Å². The second-order valence-electron chi connectivity index (χ2n) is 6.55. The zero-order valence-corrected chi connectivity index (χ0v) is 14.7. The Morgan fingerprint density at radius 3 is 1.52 bits per heavy atom. The molecule has 0 aliphatic rings. The van der Waals surface area contributed by atoms with Crippen molar-refractivity contribution < 1.29 is 19.8 Å². The lowest BCUT2D eigenvalue weighted by Crippen LogP contribution is -2.24. The van der Waals surface area contributed by atoms with E-state index in [1.165, 1.54) is 0 Å². The lowest BCUT2D eigenvalue weighted by atomic mass is 9.72. The third kappa shape index (κ3) is 4.27. The Morgan fingerprint density at radius 1 is 0.800 bits per heavy atom. The van der Waals surface area contributed by atoms with Gasteiger partial charge in [0.2, 0.25) is 0 Å². The first-order valence-corrected chi connectivity index (χ1v) is 8.56. The molecule has 0 spiro atoms. The molecule has 0 amide bonds. The molecule has 0 radical (unpaired) electrons. The highest BCUT2D eigenvalue weighted by Gasteiger charge is 2.28. The van der Waals surface area contributed by atoms with Crippen LogP contribution in [0.2, 0.25) is 0 Å². The summed E-state index contributed by atoms with van der Waals surface area (Å²) in [6.07, 6.45) is 4.20. The predicted octanol–water partition coefficient (Wildman–Crippen LogP) is 4.97. The fraction of sp³-hybridized carbons (Fsp3) is 0.333. The van der Waals surface area contributed by atoms with E-state index in [4.69, 9.17) is 10.2 Å². The number of carboxylic acid groups (broad SMARTS) is 2. The summed E-state index contributed by atoms with van der Waals surface area (Å²) in [5.74, 6) is -1.88. The number of hydrogen-bond acceptors (Lipinski definition) is 2. The fourth-order valence-electron chi connectivity index (χ4n) is 3.15. The molecule has 0 aromatic heterocycles. The van der Waals surface area contributed by atoms with Gasteiger partial charge in [-0.2, -0.15) is 0 Å². The van der Waals surface area contributed by atoms with E-state index in [-0.39, 0.29) is 16.5 Å². The first kappa shape index (κ1) is 18.7. The van der Waals surface area contributed by atoms with E-state index >= 15 is 0 Å². The molecule has 132 valence electrons. The van der Waals surface area contributed by atoms with Gasteiger partial charge in [0.15, 0.2) is 0 Å². The number of hydrogen-bond donors (Lipinski definition) is 2. The first-order chi connectivity index (χ1) is 11.9. The van der Waals surface area contributed by atoms with Crippen molar-refractivity contribution in [2.24, 2.45) is 0 Å². The van der Waals surface area contributed by atoms with Gasteiger partial charge in [0.05, 0.1) is 11.1 Å². The average molecular weight is 340 g/mol. The minimum atomic E-state index is -0.940. The summed E-state index contributed by atoms with van der Waals surface area (Å²) in [5.41, 5.74) is 2.32. The number of aromatic carboxylic acids is 2. The molecule has 4 nitrogen and oxygen atoms in total. The lowest BCUT2D eigenvalue weighted by molar-refractivity contribution is 0.0686. The van der Waals surface area contributed by atoms with E-state index in [1.54, 1.807) is 24.3 Å². The van der Waals surface area contributed by atoms with Gasteiger partial charge in [0, 0.05) is 5.41 Å². The molecule has 25 heavy (non-hydrogen) atoms. The Bertz CT molecular complexity index is 672. The number of benzene rings is 2. The molecule has 0 heterocycles. The van der Waals surface area contributed by atoms with Crippen molar-refractivity contribution in [2.45, 2.75) is 44.9 Å². The van der Waals surface area contributed by atoms with Gasteiger partial charge >= 0.3 is 11.9 Å². The van der Waals surface area contributed by atoms with E-state index in [0.717, 1.165) is 36.8 Å². The van der Waals surface area contributed by atoms with Gasteiger partial charge in [-0.15, -0.1) is 0 Å². The van der Waals surface area contributed by atoms with Gasteiger partial charge in [-0.3, -0.25) is 0 Å². The van der Waals surface area contributed by atoms with Crippen LogP contribution in [-0.4, -0.2) is 22.2 Å². The normalized spacial score (nSPS) is 11.3. The van der Waals surface area contributed by atoms with Gasteiger partial charge in [0.25, 0.3) is 0 Å².